The number of nitrogens with zero attached hydrogens (tertiary/aromatic N) is 2. The molecule has 1 aromatic carbocycles. The molecule has 0 aliphatic heterocycles. The summed E-state index contributed by atoms with van der Waals surface area (Å²) >= 11 is 7.44. The fourth-order valence-electron chi connectivity index (χ4n) is 2.57. The van der Waals surface area contributed by atoms with Gasteiger partial charge in [-0.15, -0.1) is 11.3 Å². The number of carbonyl (C=O) groups excluding carboxylic acids is 1. The minimum absolute atomic E-state index is 0.236. The van der Waals surface area contributed by atoms with Gasteiger partial charge in [0.2, 0.25) is 5.91 Å². The van der Waals surface area contributed by atoms with E-state index < -0.39 is 0 Å². The Morgan fingerprint density at radius 1 is 1.40 bits per heavy atom. The third-order valence-electron chi connectivity index (χ3n) is 4.44. The van der Waals surface area contributed by atoms with Crippen LogP contribution in [0.2, 0.25) is 5.02 Å². The first-order valence-electron chi connectivity index (χ1n) is 8.69. The van der Waals surface area contributed by atoms with Gasteiger partial charge in [-0.2, -0.15) is 0 Å². The second-order valence-electron chi connectivity index (χ2n) is 6.47. The highest BCUT2D eigenvalue weighted by Crippen LogP contribution is 2.32. The van der Waals surface area contributed by atoms with Crippen LogP contribution in [0.4, 0.5) is 0 Å². The van der Waals surface area contributed by atoms with Crippen molar-refractivity contribution in [1.29, 1.82) is 0 Å². The molecule has 1 aromatic heterocycles. The maximum atomic E-state index is 12.5. The van der Waals surface area contributed by atoms with Crippen LogP contribution in [0.1, 0.15) is 43.8 Å². The van der Waals surface area contributed by atoms with Gasteiger partial charge in [0.1, 0.15) is 17.4 Å². The Kier molecular flexibility index (Phi) is 5.97. The van der Waals surface area contributed by atoms with Crippen molar-refractivity contribution in [3.63, 3.8) is 0 Å². The zero-order valence-electron chi connectivity index (χ0n) is 14.6. The molecule has 0 spiro atoms. The molecule has 3 rings (SSSR count). The maximum Gasteiger partial charge on any atom is 0.226 e. The maximum absolute atomic E-state index is 12.5. The number of aromatic nitrogens is 1. The number of ether oxygens (including phenoxy) is 1. The van der Waals surface area contributed by atoms with E-state index in [0.717, 1.165) is 35.7 Å². The minimum atomic E-state index is 0.236. The first-order valence-corrected chi connectivity index (χ1v) is 9.94. The highest BCUT2D eigenvalue weighted by molar-refractivity contribution is 7.09. The normalized spacial score (nSPS) is 15.0. The second kappa shape index (κ2) is 8.19. The molecule has 0 N–H and O–H groups in total. The SMILES string of the molecule is CC[C@@H](C)N(Cc1csc(COc2ccc(Cl)cc2)n1)C(=O)C1CC1. The number of benzene rings is 1. The molecule has 2 aromatic rings. The zero-order chi connectivity index (χ0) is 17.8. The van der Waals surface area contributed by atoms with Gasteiger partial charge in [-0.05, 0) is 50.5 Å². The summed E-state index contributed by atoms with van der Waals surface area (Å²) in [7, 11) is 0. The van der Waals surface area contributed by atoms with Crippen molar-refractivity contribution in [2.75, 3.05) is 0 Å². The van der Waals surface area contributed by atoms with Crippen LogP contribution >= 0.6 is 22.9 Å². The average molecular weight is 379 g/mol. The van der Waals surface area contributed by atoms with Gasteiger partial charge in [0.15, 0.2) is 0 Å². The molecule has 1 saturated carbocycles. The number of hydrogen-bond acceptors (Lipinski definition) is 4. The van der Waals surface area contributed by atoms with E-state index in [-0.39, 0.29) is 17.9 Å². The van der Waals surface area contributed by atoms with Crippen LogP contribution in [0.3, 0.4) is 0 Å². The second-order valence-corrected chi connectivity index (χ2v) is 7.85. The Morgan fingerprint density at radius 3 is 2.76 bits per heavy atom. The van der Waals surface area contributed by atoms with Gasteiger partial charge in [-0.25, -0.2) is 4.98 Å². The Morgan fingerprint density at radius 2 is 2.12 bits per heavy atom. The van der Waals surface area contributed by atoms with Gasteiger partial charge in [0, 0.05) is 22.4 Å². The molecule has 25 heavy (non-hydrogen) atoms. The Balaban J connectivity index is 1.59. The number of halogens is 1. The first kappa shape index (κ1) is 18.2. The molecule has 1 fully saturated rings. The number of amides is 1. The van der Waals surface area contributed by atoms with Crippen LogP contribution in [-0.2, 0) is 17.9 Å². The molecule has 0 unspecified atom stereocenters. The van der Waals surface area contributed by atoms with Crippen LogP contribution in [0.25, 0.3) is 0 Å². The van der Waals surface area contributed by atoms with Gasteiger partial charge in [0.05, 0.1) is 12.2 Å². The summed E-state index contributed by atoms with van der Waals surface area (Å²) in [6.07, 6.45) is 3.02. The van der Waals surface area contributed by atoms with Crippen molar-refractivity contribution in [2.24, 2.45) is 5.92 Å². The van der Waals surface area contributed by atoms with E-state index >= 15 is 0 Å². The smallest absolute Gasteiger partial charge is 0.226 e. The molecule has 6 heteroatoms. The Labute approximate surface area is 157 Å². The lowest BCUT2D eigenvalue weighted by Gasteiger charge is -2.28. The summed E-state index contributed by atoms with van der Waals surface area (Å²) < 4.78 is 5.74. The van der Waals surface area contributed by atoms with Gasteiger partial charge in [-0.3, -0.25) is 4.79 Å². The number of hydrogen-bond donors (Lipinski definition) is 0. The Bertz CT molecular complexity index is 712. The lowest BCUT2D eigenvalue weighted by molar-refractivity contribution is -0.135. The summed E-state index contributed by atoms with van der Waals surface area (Å²) in [5, 5.41) is 3.62. The van der Waals surface area contributed by atoms with Crippen molar-refractivity contribution in [3.05, 3.63) is 45.4 Å². The van der Waals surface area contributed by atoms with Gasteiger partial charge in [-0.1, -0.05) is 18.5 Å². The largest absolute Gasteiger partial charge is 0.486 e. The van der Waals surface area contributed by atoms with Crippen molar-refractivity contribution < 1.29 is 9.53 Å². The molecule has 0 saturated heterocycles. The fraction of sp³-hybridized carbons (Fsp3) is 0.474. The zero-order valence-corrected chi connectivity index (χ0v) is 16.1. The van der Waals surface area contributed by atoms with E-state index in [2.05, 4.69) is 18.8 Å². The summed E-state index contributed by atoms with van der Waals surface area (Å²) in [5.41, 5.74) is 0.939. The lowest BCUT2D eigenvalue weighted by Crippen LogP contribution is -2.38. The minimum Gasteiger partial charge on any atom is -0.486 e. The van der Waals surface area contributed by atoms with E-state index in [4.69, 9.17) is 16.3 Å². The van der Waals surface area contributed by atoms with E-state index in [1.165, 1.54) is 0 Å². The lowest BCUT2D eigenvalue weighted by atomic mass is 10.2. The summed E-state index contributed by atoms with van der Waals surface area (Å²) in [6, 6.07) is 7.53. The van der Waals surface area contributed by atoms with Gasteiger partial charge < -0.3 is 9.64 Å². The van der Waals surface area contributed by atoms with E-state index in [9.17, 15) is 4.79 Å². The summed E-state index contributed by atoms with van der Waals surface area (Å²) in [6.45, 7) is 5.23. The van der Waals surface area contributed by atoms with Crippen LogP contribution in [0.15, 0.2) is 29.6 Å². The topological polar surface area (TPSA) is 42.4 Å². The number of thiazole rings is 1. The van der Waals surface area contributed by atoms with Crippen LogP contribution in [0, 0.1) is 5.92 Å². The van der Waals surface area contributed by atoms with Crippen LogP contribution < -0.4 is 4.74 Å². The molecular weight excluding hydrogens is 356 g/mol. The molecule has 4 nitrogen and oxygen atoms in total. The quantitative estimate of drug-likeness (QED) is 0.655. The predicted octanol–water partition coefficient (Wildman–Crippen LogP) is 4.91. The molecule has 0 radical (unpaired) electrons. The van der Waals surface area contributed by atoms with Crippen LogP contribution in [-0.4, -0.2) is 21.8 Å². The van der Waals surface area contributed by atoms with E-state index in [0.29, 0.717) is 18.2 Å². The van der Waals surface area contributed by atoms with Gasteiger partial charge in [0.25, 0.3) is 0 Å². The molecule has 1 heterocycles. The molecule has 1 aliphatic carbocycles. The Hall–Kier alpha value is -1.59. The summed E-state index contributed by atoms with van der Waals surface area (Å²) in [4.78, 5) is 19.1. The molecule has 1 atom stereocenters. The monoisotopic (exact) mass is 378 g/mol. The molecular formula is C19H23ClN2O2S. The van der Waals surface area contributed by atoms with Crippen molar-refractivity contribution >= 4 is 28.8 Å². The van der Waals surface area contributed by atoms with Crippen molar-refractivity contribution in [2.45, 2.75) is 52.3 Å². The van der Waals surface area contributed by atoms with Crippen molar-refractivity contribution in [1.82, 2.24) is 9.88 Å². The molecule has 1 amide bonds. The number of carbonyl (C=O) groups is 1. The summed E-state index contributed by atoms with van der Waals surface area (Å²) in [5.74, 6) is 1.29. The standard InChI is InChI=1S/C19H23ClN2O2S/c1-3-13(2)22(19(23)14-4-5-14)10-16-12-25-18(21-16)11-24-17-8-6-15(20)7-9-17/h6-9,12-14H,3-5,10-11H2,1-2H3/t13-/m1/s1. The molecule has 134 valence electrons. The van der Waals surface area contributed by atoms with Gasteiger partial charge >= 0.3 is 0 Å². The van der Waals surface area contributed by atoms with E-state index in [1.807, 2.05) is 22.4 Å². The van der Waals surface area contributed by atoms with Crippen molar-refractivity contribution in [3.8, 4) is 5.75 Å². The number of rotatable bonds is 8. The third-order valence-corrected chi connectivity index (χ3v) is 5.56. The molecule has 0 bridgehead atoms. The average Bonchev–Trinajstić information content (AvgIpc) is 3.38. The highest BCUT2D eigenvalue weighted by Gasteiger charge is 2.35. The van der Waals surface area contributed by atoms with E-state index in [1.54, 1.807) is 23.5 Å². The van der Waals surface area contributed by atoms with Crippen LogP contribution in [0.5, 0.6) is 5.75 Å². The predicted molar refractivity (Wildman–Crippen MR) is 101 cm³/mol. The molecule has 1 aliphatic rings. The highest BCUT2D eigenvalue weighted by atomic mass is 35.5. The third kappa shape index (κ3) is 4.95. The first-order chi connectivity index (χ1) is 12.1. The fourth-order valence-corrected chi connectivity index (χ4v) is 3.40.